The second kappa shape index (κ2) is 9.23. The van der Waals surface area contributed by atoms with Gasteiger partial charge in [0.2, 0.25) is 0 Å². The summed E-state index contributed by atoms with van der Waals surface area (Å²) < 4.78 is 6.40. The maximum Gasteiger partial charge on any atom is 0.192 e. The third kappa shape index (κ3) is 6.05. The van der Waals surface area contributed by atoms with E-state index in [0.717, 1.165) is 0 Å². The van der Waals surface area contributed by atoms with E-state index in [4.69, 9.17) is 4.43 Å². The molecule has 0 rings (SSSR count). The molecule has 0 aliphatic rings. The average Bonchev–Trinajstić information content (AvgIpc) is 2.32. The normalized spacial score (nSPS) is 14.1. The standard InChI is InChI=1S/C14H32OSi/c1-6-10-11-12-13-14(5)15-16(7-2,8-3)9-4/h14H,6-13H2,1-5H3. The first-order valence-electron chi connectivity index (χ1n) is 7.31. The molecule has 1 atom stereocenters. The van der Waals surface area contributed by atoms with Crippen LogP contribution in [0.5, 0.6) is 0 Å². The van der Waals surface area contributed by atoms with Crippen LogP contribution in [0, 0.1) is 0 Å². The van der Waals surface area contributed by atoms with E-state index in [-0.39, 0.29) is 0 Å². The molecule has 0 N–H and O–H groups in total. The van der Waals surface area contributed by atoms with Crippen molar-refractivity contribution in [3.63, 3.8) is 0 Å². The molecule has 0 aromatic carbocycles. The van der Waals surface area contributed by atoms with E-state index >= 15 is 0 Å². The van der Waals surface area contributed by atoms with Gasteiger partial charge in [-0.05, 0) is 31.5 Å². The lowest BCUT2D eigenvalue weighted by atomic mass is 10.1. The molecule has 0 aromatic heterocycles. The molecular formula is C14H32OSi. The summed E-state index contributed by atoms with van der Waals surface area (Å²) in [5.74, 6) is 0. The Labute approximate surface area is 104 Å². The zero-order valence-electron chi connectivity index (χ0n) is 12.1. The van der Waals surface area contributed by atoms with E-state index in [9.17, 15) is 0 Å². The maximum atomic E-state index is 6.40. The highest BCUT2D eigenvalue weighted by atomic mass is 28.4. The first kappa shape index (κ1) is 16.2. The van der Waals surface area contributed by atoms with E-state index < -0.39 is 8.32 Å². The Morgan fingerprint density at radius 1 is 0.875 bits per heavy atom. The number of rotatable bonds is 10. The van der Waals surface area contributed by atoms with Crippen LogP contribution in [0.3, 0.4) is 0 Å². The molecule has 0 radical (unpaired) electrons. The third-order valence-electron chi connectivity index (χ3n) is 3.85. The molecule has 0 saturated heterocycles. The van der Waals surface area contributed by atoms with Crippen LogP contribution < -0.4 is 0 Å². The summed E-state index contributed by atoms with van der Waals surface area (Å²) >= 11 is 0. The van der Waals surface area contributed by atoms with Crippen molar-refractivity contribution < 1.29 is 4.43 Å². The monoisotopic (exact) mass is 244 g/mol. The predicted molar refractivity (Wildman–Crippen MR) is 76.5 cm³/mol. The fraction of sp³-hybridized carbons (Fsp3) is 1.00. The van der Waals surface area contributed by atoms with Gasteiger partial charge in [0.1, 0.15) is 0 Å². The first-order valence-corrected chi connectivity index (χ1v) is 9.84. The maximum absolute atomic E-state index is 6.40. The topological polar surface area (TPSA) is 9.23 Å². The van der Waals surface area contributed by atoms with Gasteiger partial charge in [0, 0.05) is 6.10 Å². The molecule has 0 amide bonds. The Morgan fingerprint density at radius 3 is 1.88 bits per heavy atom. The molecule has 16 heavy (non-hydrogen) atoms. The molecule has 1 unspecified atom stereocenters. The van der Waals surface area contributed by atoms with Crippen molar-refractivity contribution in [2.75, 3.05) is 0 Å². The van der Waals surface area contributed by atoms with Crippen LogP contribution >= 0.6 is 0 Å². The molecular weight excluding hydrogens is 212 g/mol. The minimum absolute atomic E-state index is 0.489. The van der Waals surface area contributed by atoms with Crippen LogP contribution in [0.25, 0.3) is 0 Å². The van der Waals surface area contributed by atoms with Crippen LogP contribution in [0.4, 0.5) is 0 Å². The van der Waals surface area contributed by atoms with Crippen molar-refractivity contribution in [2.45, 2.75) is 91.0 Å². The molecule has 0 aromatic rings. The van der Waals surface area contributed by atoms with Crippen LogP contribution in [0.15, 0.2) is 0 Å². The van der Waals surface area contributed by atoms with E-state index in [1.165, 1.54) is 50.2 Å². The molecule has 0 aliphatic carbocycles. The van der Waals surface area contributed by atoms with Gasteiger partial charge in [0.25, 0.3) is 0 Å². The summed E-state index contributed by atoms with van der Waals surface area (Å²) in [4.78, 5) is 0. The molecule has 2 heteroatoms. The fourth-order valence-electron chi connectivity index (χ4n) is 2.34. The fourth-order valence-corrected chi connectivity index (χ4v) is 5.32. The number of hydrogen-bond donors (Lipinski definition) is 0. The summed E-state index contributed by atoms with van der Waals surface area (Å²) in [5.41, 5.74) is 0. The summed E-state index contributed by atoms with van der Waals surface area (Å²) in [6.45, 7) is 11.5. The van der Waals surface area contributed by atoms with Gasteiger partial charge in [-0.25, -0.2) is 0 Å². The quantitative estimate of drug-likeness (QED) is 0.371. The Hall–Kier alpha value is 0.177. The van der Waals surface area contributed by atoms with Crippen molar-refractivity contribution in [1.82, 2.24) is 0 Å². The Balaban J connectivity index is 3.86. The minimum Gasteiger partial charge on any atom is -0.414 e. The zero-order valence-corrected chi connectivity index (χ0v) is 13.1. The Kier molecular flexibility index (Phi) is 9.33. The molecule has 98 valence electrons. The minimum atomic E-state index is -1.35. The molecule has 0 fully saturated rings. The van der Waals surface area contributed by atoms with Crippen molar-refractivity contribution >= 4 is 8.32 Å². The van der Waals surface area contributed by atoms with Crippen LogP contribution in [-0.4, -0.2) is 14.4 Å². The molecule has 0 bridgehead atoms. The van der Waals surface area contributed by atoms with Gasteiger partial charge in [0.05, 0.1) is 0 Å². The van der Waals surface area contributed by atoms with Crippen LogP contribution in [0.1, 0.15) is 66.7 Å². The van der Waals surface area contributed by atoms with Gasteiger partial charge >= 0.3 is 0 Å². The molecule has 0 heterocycles. The van der Waals surface area contributed by atoms with Crippen molar-refractivity contribution in [3.8, 4) is 0 Å². The average molecular weight is 244 g/mol. The highest BCUT2D eigenvalue weighted by Gasteiger charge is 2.30. The smallest absolute Gasteiger partial charge is 0.192 e. The summed E-state index contributed by atoms with van der Waals surface area (Å²) in [5, 5.41) is 0. The zero-order chi connectivity index (χ0) is 12.4. The second-order valence-electron chi connectivity index (χ2n) is 5.02. The van der Waals surface area contributed by atoms with Gasteiger partial charge in [-0.1, -0.05) is 53.4 Å². The van der Waals surface area contributed by atoms with Gasteiger partial charge in [0.15, 0.2) is 8.32 Å². The van der Waals surface area contributed by atoms with Crippen LogP contribution in [-0.2, 0) is 4.43 Å². The van der Waals surface area contributed by atoms with E-state index in [0.29, 0.717) is 6.10 Å². The number of unbranched alkanes of at least 4 members (excludes halogenated alkanes) is 3. The van der Waals surface area contributed by atoms with Crippen molar-refractivity contribution in [1.29, 1.82) is 0 Å². The highest BCUT2D eigenvalue weighted by molar-refractivity contribution is 6.73. The van der Waals surface area contributed by atoms with Crippen molar-refractivity contribution in [3.05, 3.63) is 0 Å². The molecule has 0 spiro atoms. The molecule has 1 nitrogen and oxygen atoms in total. The van der Waals surface area contributed by atoms with Gasteiger partial charge in [-0.3, -0.25) is 0 Å². The van der Waals surface area contributed by atoms with Gasteiger partial charge < -0.3 is 4.43 Å². The third-order valence-corrected chi connectivity index (χ3v) is 8.62. The second-order valence-corrected chi connectivity index (χ2v) is 9.74. The number of hydrogen-bond acceptors (Lipinski definition) is 1. The van der Waals surface area contributed by atoms with Gasteiger partial charge in [-0.2, -0.15) is 0 Å². The van der Waals surface area contributed by atoms with E-state index in [1.807, 2.05) is 0 Å². The van der Waals surface area contributed by atoms with Crippen molar-refractivity contribution in [2.24, 2.45) is 0 Å². The molecule has 0 aliphatic heterocycles. The Bertz CT molecular complexity index is 147. The Morgan fingerprint density at radius 2 is 1.44 bits per heavy atom. The largest absolute Gasteiger partial charge is 0.414 e. The lowest BCUT2D eigenvalue weighted by molar-refractivity contribution is 0.191. The summed E-state index contributed by atoms with van der Waals surface area (Å²) in [6, 6.07) is 3.83. The van der Waals surface area contributed by atoms with E-state index in [1.54, 1.807) is 0 Å². The summed E-state index contributed by atoms with van der Waals surface area (Å²) in [7, 11) is -1.35. The first-order chi connectivity index (χ1) is 7.64. The summed E-state index contributed by atoms with van der Waals surface area (Å²) in [6.07, 6.45) is 7.18. The lowest BCUT2D eigenvalue weighted by Crippen LogP contribution is -2.39. The highest BCUT2D eigenvalue weighted by Crippen LogP contribution is 2.24. The van der Waals surface area contributed by atoms with Crippen LogP contribution in [0.2, 0.25) is 18.1 Å². The van der Waals surface area contributed by atoms with E-state index in [2.05, 4.69) is 34.6 Å². The predicted octanol–water partition coefficient (Wildman–Crippen LogP) is 5.37. The molecule has 0 saturated carbocycles. The van der Waals surface area contributed by atoms with Gasteiger partial charge in [-0.15, -0.1) is 0 Å². The lowest BCUT2D eigenvalue weighted by Gasteiger charge is -2.31. The SMILES string of the molecule is CCCCCCC(C)O[Si](CC)(CC)CC.